The van der Waals surface area contributed by atoms with Crippen LogP contribution in [-0.2, 0) is 0 Å². The first-order chi connectivity index (χ1) is 10.6. The van der Waals surface area contributed by atoms with Crippen molar-refractivity contribution in [2.45, 2.75) is 20.8 Å². The molecule has 0 aliphatic carbocycles. The van der Waals surface area contributed by atoms with Crippen LogP contribution in [0.4, 0.5) is 5.95 Å². The standard InChI is InChI=1S/C14H15N7O/c1-8-4-5-11(6-9(8)2)21-13(22)12(10(3)18-21)7-15-14-16-19-20-17-14/h4-7,18H,1-3H3,(H,16,17,19,20)/b15-7+. The van der Waals surface area contributed by atoms with E-state index in [4.69, 9.17) is 0 Å². The van der Waals surface area contributed by atoms with Gasteiger partial charge in [-0.2, -0.15) is 5.21 Å². The molecule has 1 aromatic carbocycles. The van der Waals surface area contributed by atoms with E-state index < -0.39 is 0 Å². The van der Waals surface area contributed by atoms with Crippen LogP contribution in [0.5, 0.6) is 0 Å². The van der Waals surface area contributed by atoms with Crippen molar-refractivity contribution in [2.24, 2.45) is 4.99 Å². The summed E-state index contributed by atoms with van der Waals surface area (Å²) in [6.07, 6.45) is 1.44. The molecule has 2 aromatic heterocycles. The van der Waals surface area contributed by atoms with Gasteiger partial charge in [0.15, 0.2) is 0 Å². The Morgan fingerprint density at radius 1 is 1.23 bits per heavy atom. The molecule has 0 radical (unpaired) electrons. The van der Waals surface area contributed by atoms with Crippen molar-refractivity contribution in [3.63, 3.8) is 0 Å². The molecule has 0 bridgehead atoms. The number of nitrogens with zero attached hydrogens (tertiary/aromatic N) is 5. The fourth-order valence-electron chi connectivity index (χ4n) is 2.09. The van der Waals surface area contributed by atoms with E-state index in [-0.39, 0.29) is 11.5 Å². The second-order valence-electron chi connectivity index (χ2n) is 5.03. The third-order valence-corrected chi connectivity index (χ3v) is 3.51. The number of aromatic nitrogens is 6. The monoisotopic (exact) mass is 297 g/mol. The van der Waals surface area contributed by atoms with Crippen molar-refractivity contribution in [1.29, 1.82) is 0 Å². The maximum Gasteiger partial charge on any atom is 0.288 e. The average Bonchev–Trinajstić information content (AvgIpc) is 3.09. The zero-order valence-corrected chi connectivity index (χ0v) is 12.5. The van der Waals surface area contributed by atoms with Gasteiger partial charge in [0, 0.05) is 11.9 Å². The van der Waals surface area contributed by atoms with E-state index >= 15 is 0 Å². The summed E-state index contributed by atoms with van der Waals surface area (Å²) in [5.41, 5.74) is 4.10. The average molecular weight is 297 g/mol. The number of aliphatic imine (C=N–C) groups is 1. The van der Waals surface area contributed by atoms with E-state index in [0.717, 1.165) is 16.9 Å². The summed E-state index contributed by atoms with van der Waals surface area (Å²) in [5.74, 6) is 0.178. The van der Waals surface area contributed by atoms with Crippen molar-refractivity contribution in [3.8, 4) is 5.69 Å². The van der Waals surface area contributed by atoms with Gasteiger partial charge in [-0.1, -0.05) is 11.2 Å². The molecule has 3 rings (SSSR count). The Morgan fingerprint density at radius 2 is 2.05 bits per heavy atom. The quantitative estimate of drug-likeness (QED) is 0.712. The minimum Gasteiger partial charge on any atom is -0.295 e. The van der Waals surface area contributed by atoms with Gasteiger partial charge in [0.2, 0.25) is 0 Å². The summed E-state index contributed by atoms with van der Waals surface area (Å²) in [6.45, 7) is 5.86. The van der Waals surface area contributed by atoms with Gasteiger partial charge in [-0.3, -0.25) is 9.89 Å². The van der Waals surface area contributed by atoms with Crippen LogP contribution in [0.15, 0.2) is 28.0 Å². The van der Waals surface area contributed by atoms with Crippen LogP contribution in [0.2, 0.25) is 0 Å². The van der Waals surface area contributed by atoms with Gasteiger partial charge < -0.3 is 0 Å². The lowest BCUT2D eigenvalue weighted by Crippen LogP contribution is -2.17. The molecule has 2 heterocycles. The molecule has 22 heavy (non-hydrogen) atoms. The first kappa shape index (κ1) is 13.9. The topological polar surface area (TPSA) is 105 Å². The third-order valence-electron chi connectivity index (χ3n) is 3.51. The van der Waals surface area contributed by atoms with Crippen molar-refractivity contribution in [2.75, 3.05) is 0 Å². The minimum absolute atomic E-state index is 0.173. The number of nitrogens with one attached hydrogen (secondary N) is 2. The van der Waals surface area contributed by atoms with Gasteiger partial charge in [-0.15, -0.1) is 5.10 Å². The molecule has 8 heteroatoms. The van der Waals surface area contributed by atoms with Crippen LogP contribution in [0, 0.1) is 20.8 Å². The molecule has 0 saturated carbocycles. The minimum atomic E-state index is -0.173. The third kappa shape index (κ3) is 2.46. The van der Waals surface area contributed by atoms with Crippen molar-refractivity contribution < 1.29 is 0 Å². The molecule has 0 fully saturated rings. The van der Waals surface area contributed by atoms with Crippen LogP contribution in [0.25, 0.3) is 5.69 Å². The summed E-state index contributed by atoms with van der Waals surface area (Å²) in [4.78, 5) is 16.5. The number of aryl methyl sites for hydroxylation is 3. The molecule has 0 aliphatic rings. The molecule has 0 spiro atoms. The van der Waals surface area contributed by atoms with Gasteiger partial charge in [0.1, 0.15) is 0 Å². The molecule has 0 unspecified atom stereocenters. The number of H-pyrrole nitrogens is 2. The predicted octanol–water partition coefficient (Wildman–Crippen LogP) is 1.35. The number of hydrogen-bond donors (Lipinski definition) is 2. The first-order valence-electron chi connectivity index (χ1n) is 6.73. The molecular weight excluding hydrogens is 282 g/mol. The number of aromatic amines is 2. The van der Waals surface area contributed by atoms with Crippen molar-refractivity contribution >= 4 is 12.2 Å². The maximum absolute atomic E-state index is 12.5. The lowest BCUT2D eigenvalue weighted by atomic mass is 10.1. The maximum atomic E-state index is 12.5. The van der Waals surface area contributed by atoms with Crippen LogP contribution < -0.4 is 5.56 Å². The van der Waals surface area contributed by atoms with Crippen LogP contribution >= 0.6 is 0 Å². The Kier molecular flexibility index (Phi) is 3.42. The highest BCUT2D eigenvalue weighted by Crippen LogP contribution is 2.13. The number of benzene rings is 1. The van der Waals surface area contributed by atoms with E-state index in [2.05, 4.69) is 30.7 Å². The molecule has 8 nitrogen and oxygen atoms in total. The molecule has 112 valence electrons. The van der Waals surface area contributed by atoms with Gasteiger partial charge in [0.05, 0.1) is 11.3 Å². The SMILES string of the molecule is Cc1ccc(-n2[nH]c(C)c(/C=N/c3nn[nH]n3)c2=O)cc1C. The van der Waals surface area contributed by atoms with E-state index in [1.54, 1.807) is 0 Å². The smallest absolute Gasteiger partial charge is 0.288 e. The lowest BCUT2D eigenvalue weighted by Gasteiger charge is -2.05. The highest BCUT2D eigenvalue weighted by Gasteiger charge is 2.11. The normalized spacial score (nSPS) is 11.4. The Labute approximate surface area is 125 Å². The summed E-state index contributed by atoms with van der Waals surface area (Å²) in [5, 5.41) is 16.2. The zero-order valence-electron chi connectivity index (χ0n) is 12.5. The van der Waals surface area contributed by atoms with Crippen LogP contribution in [0.3, 0.4) is 0 Å². The lowest BCUT2D eigenvalue weighted by molar-refractivity contribution is 0.833. The summed E-state index contributed by atoms with van der Waals surface area (Å²) < 4.78 is 1.50. The van der Waals surface area contributed by atoms with Crippen LogP contribution in [0.1, 0.15) is 22.4 Å². The fraction of sp³-hybridized carbons (Fsp3) is 0.214. The van der Waals surface area contributed by atoms with Gasteiger partial charge in [-0.05, 0) is 49.2 Å². The summed E-state index contributed by atoms with van der Waals surface area (Å²) in [6, 6.07) is 5.85. The highest BCUT2D eigenvalue weighted by molar-refractivity contribution is 5.82. The number of tetrazole rings is 1. The van der Waals surface area contributed by atoms with E-state index in [1.807, 2.05) is 39.0 Å². The largest absolute Gasteiger partial charge is 0.295 e. The van der Waals surface area contributed by atoms with Crippen molar-refractivity contribution in [1.82, 2.24) is 30.4 Å². The predicted molar refractivity (Wildman–Crippen MR) is 82.0 cm³/mol. The molecule has 2 N–H and O–H groups in total. The number of rotatable bonds is 3. The second-order valence-corrected chi connectivity index (χ2v) is 5.03. The first-order valence-corrected chi connectivity index (χ1v) is 6.73. The molecule has 0 saturated heterocycles. The van der Waals surface area contributed by atoms with Gasteiger partial charge in [0.25, 0.3) is 11.5 Å². The Hall–Kier alpha value is -3.03. The summed E-state index contributed by atoms with van der Waals surface area (Å²) in [7, 11) is 0. The van der Waals surface area contributed by atoms with E-state index in [1.165, 1.54) is 16.5 Å². The molecule has 0 atom stereocenters. The van der Waals surface area contributed by atoms with Crippen molar-refractivity contribution in [3.05, 3.63) is 50.9 Å². The number of hydrogen-bond acceptors (Lipinski definition) is 5. The molecular formula is C14H15N7O. The Morgan fingerprint density at radius 3 is 2.73 bits per heavy atom. The Balaban J connectivity index is 2.03. The summed E-state index contributed by atoms with van der Waals surface area (Å²) >= 11 is 0. The molecule has 0 amide bonds. The van der Waals surface area contributed by atoms with Gasteiger partial charge >= 0.3 is 0 Å². The zero-order chi connectivity index (χ0) is 15.7. The fourth-order valence-corrected chi connectivity index (χ4v) is 2.09. The van der Waals surface area contributed by atoms with Gasteiger partial charge in [-0.25, -0.2) is 9.67 Å². The van der Waals surface area contributed by atoms with E-state index in [0.29, 0.717) is 5.56 Å². The Bertz CT molecular complexity index is 887. The molecule has 3 aromatic rings. The highest BCUT2D eigenvalue weighted by atomic mass is 16.1. The second kappa shape index (κ2) is 5.40. The van der Waals surface area contributed by atoms with E-state index in [9.17, 15) is 4.79 Å². The van der Waals surface area contributed by atoms with Crippen LogP contribution in [-0.4, -0.2) is 36.6 Å². The molecule has 0 aliphatic heterocycles.